The van der Waals surface area contributed by atoms with Crippen LogP contribution in [0, 0.1) is 0 Å². The maximum absolute atomic E-state index is 11.5. The Balaban J connectivity index is 1.00. The summed E-state index contributed by atoms with van der Waals surface area (Å²) in [5, 5.41) is 21.7. The molecule has 13 nitrogen and oxygen atoms in total. The fraction of sp³-hybridized carbons (Fsp3) is 0.444. The summed E-state index contributed by atoms with van der Waals surface area (Å²) in [6, 6.07) is 28.5. The molecule has 2 aliphatic carbocycles. The van der Waals surface area contributed by atoms with Crippen LogP contribution in [0.3, 0.4) is 0 Å². The molecule has 4 unspecified atom stereocenters. The Hall–Kier alpha value is -4.89. The van der Waals surface area contributed by atoms with E-state index in [2.05, 4.69) is 90.9 Å². The van der Waals surface area contributed by atoms with Crippen molar-refractivity contribution in [3.63, 3.8) is 0 Å². The first kappa shape index (κ1) is 39.9. The van der Waals surface area contributed by atoms with Crippen molar-refractivity contribution in [3.8, 4) is 22.5 Å². The van der Waals surface area contributed by atoms with Crippen molar-refractivity contribution in [1.29, 1.82) is 0 Å². The minimum atomic E-state index is -1.03. The van der Waals surface area contributed by atoms with Gasteiger partial charge in [-0.2, -0.15) is 15.4 Å². The number of nitrogens with one attached hydrogen (secondary N) is 1. The van der Waals surface area contributed by atoms with Gasteiger partial charge < -0.3 is 24.1 Å². The van der Waals surface area contributed by atoms with Gasteiger partial charge in [-0.1, -0.05) is 60.7 Å². The summed E-state index contributed by atoms with van der Waals surface area (Å²) in [7, 11) is 0. The van der Waals surface area contributed by atoms with E-state index in [1.54, 1.807) is 6.07 Å². The average Bonchev–Trinajstić information content (AvgIpc) is 3.92. The number of carboxylic acid groups (broad SMARTS) is 1. The number of benzene rings is 2. The lowest BCUT2D eigenvalue weighted by Gasteiger charge is -2.35. The van der Waals surface area contributed by atoms with Gasteiger partial charge in [-0.15, -0.1) is 0 Å². The number of ether oxygens (including phenoxy) is 4. The van der Waals surface area contributed by atoms with Gasteiger partial charge in [0.25, 0.3) is 0 Å². The van der Waals surface area contributed by atoms with Crippen molar-refractivity contribution in [2.45, 2.75) is 62.8 Å². The molecule has 304 valence electrons. The number of hydrogen-bond donors (Lipinski definition) is 2. The number of aromatic nitrogens is 5. The van der Waals surface area contributed by atoms with Crippen molar-refractivity contribution in [2.75, 3.05) is 65.8 Å². The third-order valence-corrected chi connectivity index (χ3v) is 11.6. The van der Waals surface area contributed by atoms with Gasteiger partial charge in [-0.05, 0) is 73.4 Å². The Kier molecular flexibility index (Phi) is 13.6. The summed E-state index contributed by atoms with van der Waals surface area (Å²) in [5.41, 5.74) is 8.28. The predicted molar refractivity (Wildman–Crippen MR) is 218 cm³/mol. The van der Waals surface area contributed by atoms with Crippen molar-refractivity contribution < 1.29 is 28.8 Å². The van der Waals surface area contributed by atoms with Crippen LogP contribution in [-0.4, -0.2) is 124 Å². The van der Waals surface area contributed by atoms with Gasteiger partial charge in [0, 0.05) is 50.0 Å². The average molecular weight is 788 g/mol. The number of carbonyl (C=O) groups is 1. The number of fused-ring (bicyclic) bond motifs is 6. The van der Waals surface area contributed by atoms with E-state index >= 15 is 0 Å². The van der Waals surface area contributed by atoms with Gasteiger partial charge in [0.2, 0.25) is 0 Å². The molecule has 0 amide bonds. The third kappa shape index (κ3) is 9.86. The van der Waals surface area contributed by atoms with Crippen molar-refractivity contribution >= 4 is 5.97 Å². The maximum atomic E-state index is 11.5. The molecule has 3 aliphatic rings. The van der Waals surface area contributed by atoms with Crippen LogP contribution in [0.25, 0.3) is 22.5 Å². The van der Waals surface area contributed by atoms with E-state index in [0.29, 0.717) is 78.1 Å². The van der Waals surface area contributed by atoms with Crippen LogP contribution in [0.1, 0.15) is 70.6 Å². The fourth-order valence-corrected chi connectivity index (χ4v) is 8.72. The largest absolute Gasteiger partial charge is 0.477 e. The van der Waals surface area contributed by atoms with Gasteiger partial charge in [0.05, 0.1) is 69.3 Å². The SMILES string of the molecule is O=C(O)c1cccc(CN2CCOCCOCCN(C(CC3Cc4ccccc4-c4n[nH]nc4-c4ccccc43)c3ccccn3)CCOC3CCCC3OCC2)n1. The molecule has 4 atom stereocenters. The number of pyridine rings is 2. The molecular formula is C45H53N7O6. The van der Waals surface area contributed by atoms with Crippen molar-refractivity contribution in [2.24, 2.45) is 0 Å². The highest BCUT2D eigenvalue weighted by Crippen LogP contribution is 2.43. The molecule has 0 radical (unpaired) electrons. The Morgan fingerprint density at radius 3 is 2.24 bits per heavy atom. The lowest BCUT2D eigenvalue weighted by molar-refractivity contribution is -0.0689. The Bertz CT molecular complexity index is 2080. The van der Waals surface area contributed by atoms with Gasteiger partial charge in [-0.3, -0.25) is 14.8 Å². The quantitative estimate of drug-likeness (QED) is 0.194. The summed E-state index contributed by atoms with van der Waals surface area (Å²) in [6.45, 7) is 6.29. The Labute approximate surface area is 339 Å². The smallest absolute Gasteiger partial charge is 0.354 e. The predicted octanol–water partition coefficient (Wildman–Crippen LogP) is 6.20. The molecule has 0 spiro atoms. The summed E-state index contributed by atoms with van der Waals surface area (Å²) in [4.78, 5) is 25.5. The highest BCUT2D eigenvalue weighted by atomic mass is 16.5. The van der Waals surface area contributed by atoms with E-state index in [-0.39, 0.29) is 29.9 Å². The first-order chi connectivity index (χ1) is 28.6. The van der Waals surface area contributed by atoms with Gasteiger partial charge in [0.1, 0.15) is 17.1 Å². The molecule has 2 N–H and O–H groups in total. The zero-order chi connectivity index (χ0) is 39.5. The van der Waals surface area contributed by atoms with E-state index in [4.69, 9.17) is 23.9 Å². The molecule has 0 bridgehead atoms. The van der Waals surface area contributed by atoms with E-state index in [1.165, 1.54) is 17.2 Å². The first-order valence-corrected chi connectivity index (χ1v) is 20.6. The molecule has 4 heterocycles. The number of aromatic carboxylic acids is 1. The lowest BCUT2D eigenvalue weighted by Crippen LogP contribution is -2.38. The van der Waals surface area contributed by atoms with Crippen molar-refractivity contribution in [1.82, 2.24) is 35.2 Å². The molecule has 58 heavy (non-hydrogen) atoms. The number of aromatic amines is 1. The first-order valence-electron chi connectivity index (χ1n) is 20.6. The standard InChI is InChI=1S/C45H53N7O6/c53-45(54)39-15-7-10-34(47-39)31-51-19-23-55-27-28-56-24-21-52(22-26-58-42-17-8-16-41(42)57-25-20-51)40(38-14-5-6-18-46-38)30-33-29-32-9-1-2-12-36(32)43-44(49-50-48-43)37-13-4-3-11-35(33)37/h1-7,9-15,18,33,40-42H,8,16-17,19-31H2,(H,53,54)(H,48,49,50). The molecule has 8 rings (SSSR count). The minimum absolute atomic E-state index is 0.0102. The molecule has 1 saturated heterocycles. The van der Waals surface area contributed by atoms with Crippen LogP contribution < -0.4 is 0 Å². The molecule has 2 fully saturated rings. The van der Waals surface area contributed by atoms with Crippen LogP contribution >= 0.6 is 0 Å². The zero-order valence-electron chi connectivity index (χ0n) is 33.0. The fourth-order valence-electron chi connectivity index (χ4n) is 8.72. The molecule has 1 saturated carbocycles. The Morgan fingerprint density at radius 2 is 1.45 bits per heavy atom. The molecular weight excluding hydrogens is 735 g/mol. The summed E-state index contributed by atoms with van der Waals surface area (Å²) in [5.74, 6) is -0.865. The van der Waals surface area contributed by atoms with E-state index in [1.807, 2.05) is 18.3 Å². The highest BCUT2D eigenvalue weighted by molar-refractivity contribution is 5.85. The van der Waals surface area contributed by atoms with E-state index in [0.717, 1.165) is 60.3 Å². The van der Waals surface area contributed by atoms with E-state index in [9.17, 15) is 9.90 Å². The van der Waals surface area contributed by atoms with Gasteiger partial charge in [-0.25, -0.2) is 9.78 Å². The monoisotopic (exact) mass is 787 g/mol. The van der Waals surface area contributed by atoms with Crippen LogP contribution in [0.5, 0.6) is 0 Å². The Morgan fingerprint density at radius 1 is 0.759 bits per heavy atom. The normalized spacial score (nSPS) is 22.2. The number of H-pyrrole nitrogens is 1. The van der Waals surface area contributed by atoms with Crippen molar-refractivity contribution in [3.05, 3.63) is 119 Å². The molecule has 13 heteroatoms. The van der Waals surface area contributed by atoms with Crippen LogP contribution in [0.15, 0.2) is 91.1 Å². The third-order valence-electron chi connectivity index (χ3n) is 11.6. The van der Waals surface area contributed by atoms with Crippen LogP contribution in [0.2, 0.25) is 0 Å². The zero-order valence-corrected chi connectivity index (χ0v) is 33.0. The number of carboxylic acids is 1. The van der Waals surface area contributed by atoms with Gasteiger partial charge in [0.15, 0.2) is 0 Å². The number of rotatable bonds is 7. The maximum Gasteiger partial charge on any atom is 0.354 e. The van der Waals surface area contributed by atoms with Gasteiger partial charge >= 0.3 is 5.97 Å². The second kappa shape index (κ2) is 19.7. The van der Waals surface area contributed by atoms with Crippen LogP contribution in [-0.2, 0) is 31.9 Å². The number of nitrogens with zero attached hydrogens (tertiary/aromatic N) is 6. The highest BCUT2D eigenvalue weighted by Gasteiger charge is 2.33. The van der Waals surface area contributed by atoms with Crippen LogP contribution in [0.4, 0.5) is 0 Å². The minimum Gasteiger partial charge on any atom is -0.477 e. The number of hydrogen-bond acceptors (Lipinski definition) is 11. The summed E-state index contributed by atoms with van der Waals surface area (Å²) >= 11 is 0. The summed E-state index contributed by atoms with van der Waals surface area (Å²) in [6.07, 6.45) is 6.59. The molecule has 1 aliphatic heterocycles. The summed E-state index contributed by atoms with van der Waals surface area (Å²) < 4.78 is 25.5. The van der Waals surface area contributed by atoms with E-state index < -0.39 is 5.97 Å². The lowest BCUT2D eigenvalue weighted by atomic mass is 9.79. The second-order valence-corrected chi connectivity index (χ2v) is 15.3. The molecule has 3 aromatic heterocycles. The molecule has 2 aromatic carbocycles. The topological polar surface area (TPSA) is 148 Å². The molecule has 5 aromatic rings. The second-order valence-electron chi connectivity index (χ2n) is 15.3.